The predicted molar refractivity (Wildman–Crippen MR) is 52.1 cm³/mol. The summed E-state index contributed by atoms with van der Waals surface area (Å²) < 4.78 is 5.91. The maximum atomic E-state index is 5.53. The number of rotatable bonds is 2. The molecule has 0 atom stereocenters. The molecule has 0 aliphatic rings. The molecule has 0 fully saturated rings. The summed E-state index contributed by atoms with van der Waals surface area (Å²) in [6.07, 6.45) is 1.72. The molecule has 2 N–H and O–H groups in total. The molecule has 0 radical (unpaired) electrons. The Hall–Kier alpha value is -0.360. The van der Waals surface area contributed by atoms with Crippen LogP contribution in [0, 0.1) is 3.57 Å². The summed E-state index contributed by atoms with van der Waals surface area (Å²) in [5, 5.41) is 0. The van der Waals surface area contributed by atoms with Crippen LogP contribution < -0.4 is 5.73 Å². The Morgan fingerprint density at radius 2 is 2.45 bits per heavy atom. The Morgan fingerprint density at radius 3 is 3.00 bits per heavy atom. The third kappa shape index (κ3) is 2.30. The quantitative estimate of drug-likeness (QED) is 0.822. The van der Waals surface area contributed by atoms with Crippen molar-refractivity contribution < 1.29 is 4.74 Å². The van der Waals surface area contributed by atoms with Crippen molar-refractivity contribution in [1.82, 2.24) is 4.98 Å². The number of halogens is 1. The summed E-state index contributed by atoms with van der Waals surface area (Å²) >= 11 is 2.15. The van der Waals surface area contributed by atoms with Crippen LogP contribution in [0.15, 0.2) is 12.3 Å². The summed E-state index contributed by atoms with van der Waals surface area (Å²) in [5.74, 6) is 0.574. The highest BCUT2D eigenvalue weighted by Crippen LogP contribution is 2.13. The summed E-state index contributed by atoms with van der Waals surface area (Å²) in [5.41, 5.74) is 6.57. The minimum absolute atomic E-state index is 0.574. The molecule has 0 amide bonds. The monoisotopic (exact) mass is 264 g/mol. The van der Waals surface area contributed by atoms with Gasteiger partial charge in [-0.25, -0.2) is 4.98 Å². The van der Waals surface area contributed by atoms with Gasteiger partial charge in [-0.15, -0.1) is 0 Å². The van der Waals surface area contributed by atoms with Crippen molar-refractivity contribution in [1.29, 1.82) is 0 Å². The Bertz CT molecular complexity index is 252. The Morgan fingerprint density at radius 1 is 1.73 bits per heavy atom. The lowest BCUT2D eigenvalue weighted by Gasteiger charge is -2.00. The van der Waals surface area contributed by atoms with E-state index in [1.165, 1.54) is 0 Å². The van der Waals surface area contributed by atoms with Crippen LogP contribution in [0.25, 0.3) is 0 Å². The van der Waals surface area contributed by atoms with Crippen LogP contribution in [-0.4, -0.2) is 12.1 Å². The fourth-order valence-corrected chi connectivity index (χ4v) is 1.27. The summed E-state index contributed by atoms with van der Waals surface area (Å²) in [7, 11) is 1.66. The van der Waals surface area contributed by atoms with Crippen LogP contribution >= 0.6 is 22.6 Å². The zero-order valence-corrected chi connectivity index (χ0v) is 8.33. The van der Waals surface area contributed by atoms with Crippen molar-refractivity contribution in [2.75, 3.05) is 12.8 Å². The molecule has 1 heterocycles. The maximum absolute atomic E-state index is 5.53. The smallest absolute Gasteiger partial charge is 0.136 e. The molecule has 0 aliphatic heterocycles. The largest absolute Gasteiger partial charge is 0.383 e. The first-order valence-electron chi connectivity index (χ1n) is 3.13. The van der Waals surface area contributed by atoms with E-state index in [2.05, 4.69) is 27.6 Å². The fraction of sp³-hybridized carbons (Fsp3) is 0.286. The van der Waals surface area contributed by atoms with Gasteiger partial charge in [-0.1, -0.05) is 0 Å². The molecule has 4 heteroatoms. The van der Waals surface area contributed by atoms with Crippen molar-refractivity contribution in [3.8, 4) is 0 Å². The third-order valence-corrected chi connectivity index (χ3v) is 2.10. The molecule has 11 heavy (non-hydrogen) atoms. The van der Waals surface area contributed by atoms with Gasteiger partial charge in [-0.3, -0.25) is 0 Å². The lowest BCUT2D eigenvalue weighted by Crippen LogP contribution is -1.96. The van der Waals surface area contributed by atoms with E-state index < -0.39 is 0 Å². The highest BCUT2D eigenvalue weighted by Gasteiger charge is 1.97. The second-order valence-electron chi connectivity index (χ2n) is 2.14. The topological polar surface area (TPSA) is 48.1 Å². The van der Waals surface area contributed by atoms with Crippen LogP contribution in [0.2, 0.25) is 0 Å². The molecule has 0 bridgehead atoms. The number of nitrogen functional groups attached to an aromatic ring is 1. The number of aromatic nitrogens is 1. The number of nitrogens with two attached hydrogens (primary N) is 1. The zero-order chi connectivity index (χ0) is 8.27. The second-order valence-corrected chi connectivity index (χ2v) is 3.31. The van der Waals surface area contributed by atoms with E-state index in [0.717, 1.165) is 9.13 Å². The second kappa shape index (κ2) is 3.87. The molecule has 0 aliphatic carbocycles. The average Bonchev–Trinajstić information content (AvgIpc) is 1.98. The van der Waals surface area contributed by atoms with Crippen molar-refractivity contribution in [2.45, 2.75) is 6.61 Å². The lowest BCUT2D eigenvalue weighted by molar-refractivity contribution is 0.184. The van der Waals surface area contributed by atoms with E-state index >= 15 is 0 Å². The third-order valence-electron chi connectivity index (χ3n) is 1.24. The molecule has 1 aromatic rings. The normalized spacial score (nSPS) is 10.0. The molecule has 3 nitrogen and oxygen atoms in total. The number of ether oxygens (including phenoxy) is 1. The van der Waals surface area contributed by atoms with Crippen LogP contribution in [-0.2, 0) is 11.3 Å². The molecule has 0 aromatic carbocycles. The molecule has 0 saturated heterocycles. The lowest BCUT2D eigenvalue weighted by atomic mass is 10.3. The summed E-state index contributed by atoms with van der Waals surface area (Å²) in [4.78, 5) is 3.99. The number of pyridine rings is 1. The van der Waals surface area contributed by atoms with E-state index in [4.69, 9.17) is 10.5 Å². The molecule has 0 saturated carbocycles. The van der Waals surface area contributed by atoms with E-state index in [0.29, 0.717) is 12.4 Å². The van der Waals surface area contributed by atoms with E-state index in [-0.39, 0.29) is 0 Å². The number of anilines is 1. The van der Waals surface area contributed by atoms with Gasteiger partial charge in [-0.2, -0.15) is 0 Å². The van der Waals surface area contributed by atoms with Gasteiger partial charge >= 0.3 is 0 Å². The van der Waals surface area contributed by atoms with Crippen molar-refractivity contribution in [3.63, 3.8) is 0 Å². The van der Waals surface area contributed by atoms with Gasteiger partial charge in [0.2, 0.25) is 0 Å². The maximum Gasteiger partial charge on any atom is 0.136 e. The van der Waals surface area contributed by atoms with Crippen LogP contribution in [0.3, 0.4) is 0 Å². The number of methoxy groups -OCH3 is 1. The number of hydrogen-bond donors (Lipinski definition) is 1. The minimum Gasteiger partial charge on any atom is -0.383 e. The van der Waals surface area contributed by atoms with E-state index in [1.54, 1.807) is 13.3 Å². The molecule has 1 aromatic heterocycles. The van der Waals surface area contributed by atoms with Crippen molar-refractivity contribution in [3.05, 3.63) is 21.4 Å². The van der Waals surface area contributed by atoms with Gasteiger partial charge in [0.15, 0.2) is 0 Å². The van der Waals surface area contributed by atoms with E-state index in [1.807, 2.05) is 6.07 Å². The molecular weight excluding hydrogens is 255 g/mol. The first-order valence-corrected chi connectivity index (χ1v) is 4.20. The Labute approximate surface area is 79.1 Å². The predicted octanol–water partition coefficient (Wildman–Crippen LogP) is 1.41. The van der Waals surface area contributed by atoms with Crippen LogP contribution in [0.4, 0.5) is 5.82 Å². The number of nitrogens with zero attached hydrogens (tertiary/aromatic N) is 1. The van der Waals surface area contributed by atoms with Gasteiger partial charge in [-0.05, 0) is 34.2 Å². The first kappa shape index (κ1) is 8.73. The Kier molecular flexibility index (Phi) is 3.07. The van der Waals surface area contributed by atoms with Gasteiger partial charge in [0.05, 0.1) is 10.2 Å². The van der Waals surface area contributed by atoms with Gasteiger partial charge in [0.25, 0.3) is 0 Å². The van der Waals surface area contributed by atoms with Crippen LogP contribution in [0.5, 0.6) is 0 Å². The van der Waals surface area contributed by atoms with Crippen LogP contribution in [0.1, 0.15) is 5.56 Å². The molecule has 0 unspecified atom stereocenters. The Balaban J connectivity index is 2.86. The SMILES string of the molecule is COCc1cnc(N)c(I)c1. The molecule has 60 valence electrons. The van der Waals surface area contributed by atoms with Gasteiger partial charge < -0.3 is 10.5 Å². The standard InChI is InChI=1S/C7H9IN2O/c1-11-4-5-2-6(8)7(9)10-3-5/h2-3H,4H2,1H3,(H2,9,10). The molecular formula is C7H9IN2O. The van der Waals surface area contributed by atoms with Crippen molar-refractivity contribution in [2.24, 2.45) is 0 Å². The van der Waals surface area contributed by atoms with Crippen molar-refractivity contribution >= 4 is 28.4 Å². The summed E-state index contributed by atoms with van der Waals surface area (Å²) in [6, 6.07) is 1.96. The molecule has 1 rings (SSSR count). The number of hydrogen-bond acceptors (Lipinski definition) is 3. The first-order chi connectivity index (χ1) is 5.24. The highest BCUT2D eigenvalue weighted by molar-refractivity contribution is 14.1. The van der Waals surface area contributed by atoms with Gasteiger partial charge in [0, 0.05) is 13.3 Å². The zero-order valence-electron chi connectivity index (χ0n) is 6.17. The minimum atomic E-state index is 0.574. The highest BCUT2D eigenvalue weighted by atomic mass is 127. The average molecular weight is 264 g/mol. The van der Waals surface area contributed by atoms with Gasteiger partial charge in [0.1, 0.15) is 5.82 Å². The summed E-state index contributed by atoms with van der Waals surface area (Å²) in [6.45, 7) is 0.587. The molecule has 0 spiro atoms. The van der Waals surface area contributed by atoms with E-state index in [9.17, 15) is 0 Å². The fourth-order valence-electron chi connectivity index (χ4n) is 0.734.